The Bertz CT molecular complexity index is 532. The largest absolute Gasteiger partial charge is 0.427 e. The molecule has 0 aromatic heterocycles. The maximum atomic E-state index is 11.2. The molecule has 0 radical (unpaired) electrons. The molecule has 0 fully saturated rings. The number of hydrogen-bond acceptors (Lipinski definition) is 4. The third kappa shape index (κ3) is 4.54. The summed E-state index contributed by atoms with van der Waals surface area (Å²) in [4.78, 5) is 46.7. The van der Waals surface area contributed by atoms with Crippen molar-refractivity contribution in [3.05, 3.63) is 29.8 Å². The average Bonchev–Trinajstić information content (AvgIpc) is 2.15. The second kappa shape index (κ2) is 5.54. The van der Waals surface area contributed by atoms with Crippen LogP contribution in [0.25, 0.3) is 0 Å². The maximum absolute atomic E-state index is 11.2. The number of rotatable bonds is 4. The highest BCUT2D eigenvalue weighted by Crippen LogP contribution is 2.69. The van der Waals surface area contributed by atoms with E-state index in [9.17, 15) is 13.9 Å². The van der Waals surface area contributed by atoms with Crippen LogP contribution in [0.4, 0.5) is 0 Å². The summed E-state index contributed by atoms with van der Waals surface area (Å²) in [7, 11) is -10.1. The van der Waals surface area contributed by atoms with Crippen molar-refractivity contribution in [2.75, 3.05) is 0 Å². The lowest BCUT2D eigenvalue weighted by Gasteiger charge is -2.19. The molecule has 1 aromatic rings. The number of carbonyl (C=O) groups excluding carboxylic acids is 1. The zero-order chi connectivity index (χ0) is 14.8. The van der Waals surface area contributed by atoms with E-state index >= 15 is 0 Å². The molecule has 106 valence electrons. The van der Waals surface area contributed by atoms with Gasteiger partial charge in [-0.3, -0.25) is 13.9 Å². The van der Waals surface area contributed by atoms with Crippen molar-refractivity contribution in [2.45, 2.75) is 12.3 Å². The Morgan fingerprint density at radius 2 is 1.47 bits per heavy atom. The van der Waals surface area contributed by atoms with Gasteiger partial charge in [0.2, 0.25) is 0 Å². The zero-order valence-corrected chi connectivity index (χ0v) is 11.5. The van der Waals surface area contributed by atoms with E-state index in [0.717, 1.165) is 12.1 Å². The summed E-state index contributed by atoms with van der Waals surface area (Å²) in [5, 5.41) is -2.23. The van der Waals surface area contributed by atoms with E-state index in [-0.39, 0.29) is 11.3 Å². The molecule has 1 rings (SSSR count). The fourth-order valence-corrected chi connectivity index (χ4v) is 4.15. The van der Waals surface area contributed by atoms with Gasteiger partial charge in [0.25, 0.3) is 0 Å². The topological polar surface area (TPSA) is 141 Å². The molecule has 10 heteroatoms. The van der Waals surface area contributed by atoms with E-state index in [1.807, 2.05) is 0 Å². The van der Waals surface area contributed by atoms with Crippen molar-refractivity contribution < 1.29 is 38.2 Å². The number of carbonyl (C=O) groups is 1. The van der Waals surface area contributed by atoms with Gasteiger partial charge in [-0.15, -0.1) is 0 Å². The van der Waals surface area contributed by atoms with Crippen LogP contribution >= 0.6 is 15.2 Å². The van der Waals surface area contributed by atoms with Gasteiger partial charge in [-0.2, -0.15) is 0 Å². The van der Waals surface area contributed by atoms with E-state index in [4.69, 9.17) is 24.3 Å². The Kier molecular flexibility index (Phi) is 4.68. The first-order chi connectivity index (χ1) is 8.51. The van der Waals surface area contributed by atoms with Gasteiger partial charge in [-0.05, 0) is 17.7 Å². The third-order valence-electron chi connectivity index (χ3n) is 2.08. The van der Waals surface area contributed by atoms with Crippen molar-refractivity contribution in [1.29, 1.82) is 0 Å². The quantitative estimate of drug-likeness (QED) is 0.366. The van der Waals surface area contributed by atoms with Crippen LogP contribution in [-0.2, 0) is 13.9 Å². The third-order valence-corrected chi connectivity index (χ3v) is 5.75. The first-order valence-corrected chi connectivity index (χ1v) is 8.27. The molecule has 0 atom stereocenters. The van der Waals surface area contributed by atoms with Gasteiger partial charge in [0.1, 0.15) is 5.75 Å². The summed E-state index contributed by atoms with van der Waals surface area (Å²) in [6.07, 6.45) is 0. The van der Waals surface area contributed by atoms with Crippen LogP contribution in [0.5, 0.6) is 5.75 Å². The van der Waals surface area contributed by atoms with E-state index in [1.54, 1.807) is 0 Å². The number of esters is 1. The molecular weight excluding hydrogens is 298 g/mol. The molecule has 0 saturated heterocycles. The summed E-state index contributed by atoms with van der Waals surface area (Å²) in [6, 6.07) is 4.55. The summed E-state index contributed by atoms with van der Waals surface area (Å²) < 4.78 is 27.0. The molecule has 19 heavy (non-hydrogen) atoms. The van der Waals surface area contributed by atoms with E-state index < -0.39 is 26.6 Å². The van der Waals surface area contributed by atoms with E-state index in [1.165, 1.54) is 19.1 Å². The normalized spacial score (nSPS) is 12.5. The minimum absolute atomic E-state index is 0.103. The predicted molar refractivity (Wildman–Crippen MR) is 64.6 cm³/mol. The van der Waals surface area contributed by atoms with Crippen LogP contribution in [0.3, 0.4) is 0 Å². The molecule has 0 aliphatic heterocycles. The van der Waals surface area contributed by atoms with Crippen molar-refractivity contribution in [3.63, 3.8) is 0 Å². The Labute approximate surface area is 108 Å². The van der Waals surface area contributed by atoms with Gasteiger partial charge < -0.3 is 24.3 Å². The first-order valence-electron chi connectivity index (χ1n) is 4.90. The highest BCUT2D eigenvalue weighted by Gasteiger charge is 2.44. The van der Waals surface area contributed by atoms with E-state index in [0.29, 0.717) is 0 Å². The Morgan fingerprint density at radius 1 is 1.05 bits per heavy atom. The van der Waals surface area contributed by atoms with Crippen molar-refractivity contribution >= 4 is 21.2 Å². The number of hydrogen-bond donors (Lipinski definition) is 4. The standard InChI is InChI=1S/C9H12O8P2/c1-6(10)17-8-4-2-7(3-5-8)9(18(11,12)13)19(14,15)16/h2-5,9H,1H3,(H2,11,12,13)(H2,14,15,16). The smallest absolute Gasteiger partial charge is 0.345 e. The van der Waals surface area contributed by atoms with Gasteiger partial charge >= 0.3 is 21.2 Å². The zero-order valence-electron chi connectivity index (χ0n) is 9.70. The van der Waals surface area contributed by atoms with Crippen molar-refractivity contribution in [3.8, 4) is 5.75 Å². The Morgan fingerprint density at radius 3 is 1.79 bits per heavy atom. The molecule has 0 aliphatic carbocycles. The number of ether oxygens (including phenoxy) is 1. The molecule has 4 N–H and O–H groups in total. The molecule has 0 bridgehead atoms. The minimum Gasteiger partial charge on any atom is -0.427 e. The lowest BCUT2D eigenvalue weighted by atomic mass is 10.2. The number of benzene rings is 1. The Hall–Kier alpha value is -1.01. The van der Waals surface area contributed by atoms with Crippen LogP contribution in [0.15, 0.2) is 24.3 Å². The van der Waals surface area contributed by atoms with Crippen LogP contribution in [-0.4, -0.2) is 25.5 Å². The highest BCUT2D eigenvalue weighted by atomic mass is 31.2. The van der Waals surface area contributed by atoms with Crippen LogP contribution < -0.4 is 4.74 Å². The van der Waals surface area contributed by atoms with Crippen LogP contribution in [0.2, 0.25) is 0 Å². The molecule has 0 aliphatic rings. The lowest BCUT2D eigenvalue weighted by Crippen LogP contribution is -2.03. The monoisotopic (exact) mass is 310 g/mol. The Balaban J connectivity index is 3.16. The molecular formula is C9H12O8P2. The van der Waals surface area contributed by atoms with Gasteiger partial charge in [0.05, 0.1) is 0 Å². The SMILES string of the molecule is CC(=O)Oc1ccc(C(P(=O)(O)O)P(=O)(O)O)cc1. The van der Waals surface area contributed by atoms with E-state index in [2.05, 4.69) is 0 Å². The fraction of sp³-hybridized carbons (Fsp3) is 0.222. The van der Waals surface area contributed by atoms with Crippen LogP contribution in [0.1, 0.15) is 17.9 Å². The summed E-state index contributed by atoms with van der Waals surface area (Å²) in [5.74, 6) is -0.485. The molecule has 0 unspecified atom stereocenters. The molecule has 1 aromatic carbocycles. The summed E-state index contributed by atoms with van der Waals surface area (Å²) in [5.41, 5.74) is -0.238. The van der Waals surface area contributed by atoms with Gasteiger partial charge in [-0.25, -0.2) is 0 Å². The fourth-order valence-electron chi connectivity index (χ4n) is 1.46. The second-order valence-electron chi connectivity index (χ2n) is 3.71. The lowest BCUT2D eigenvalue weighted by molar-refractivity contribution is -0.131. The second-order valence-corrected chi connectivity index (χ2v) is 7.51. The highest BCUT2D eigenvalue weighted by molar-refractivity contribution is 7.70. The van der Waals surface area contributed by atoms with Gasteiger partial charge in [0, 0.05) is 6.92 Å². The van der Waals surface area contributed by atoms with Gasteiger partial charge in [0.15, 0.2) is 5.40 Å². The molecule has 0 amide bonds. The average molecular weight is 310 g/mol. The predicted octanol–water partition coefficient (Wildman–Crippen LogP) is 0.966. The molecule has 8 nitrogen and oxygen atoms in total. The summed E-state index contributed by atoms with van der Waals surface area (Å²) >= 11 is 0. The first kappa shape index (κ1) is 16.0. The molecule has 0 spiro atoms. The van der Waals surface area contributed by atoms with Crippen molar-refractivity contribution in [2.24, 2.45) is 0 Å². The summed E-state index contributed by atoms with van der Waals surface area (Å²) in [6.45, 7) is 1.17. The van der Waals surface area contributed by atoms with Crippen molar-refractivity contribution in [1.82, 2.24) is 0 Å². The molecule has 0 saturated carbocycles. The maximum Gasteiger partial charge on any atom is 0.345 e. The van der Waals surface area contributed by atoms with Crippen LogP contribution in [0, 0.1) is 0 Å². The molecule has 0 heterocycles. The minimum atomic E-state index is -5.03. The van der Waals surface area contributed by atoms with Gasteiger partial charge in [-0.1, -0.05) is 12.1 Å².